The summed E-state index contributed by atoms with van der Waals surface area (Å²) in [7, 11) is 1.53. The maximum atomic E-state index is 13.0. The minimum atomic E-state index is -0.966. The molecule has 1 aliphatic heterocycles. The van der Waals surface area contributed by atoms with Crippen LogP contribution in [0.5, 0.6) is 11.5 Å². The molecule has 7 nitrogen and oxygen atoms in total. The lowest BCUT2D eigenvalue weighted by Gasteiger charge is -2.21. The maximum absolute atomic E-state index is 13.0. The van der Waals surface area contributed by atoms with E-state index in [9.17, 15) is 9.90 Å². The van der Waals surface area contributed by atoms with Crippen molar-refractivity contribution in [1.82, 2.24) is 9.78 Å². The van der Waals surface area contributed by atoms with Crippen molar-refractivity contribution in [3.8, 4) is 17.2 Å². The first-order valence-corrected chi connectivity index (χ1v) is 9.82. The molecular formula is C22H22ClN3O4. The second kappa shape index (κ2) is 7.66. The van der Waals surface area contributed by atoms with Gasteiger partial charge in [-0.15, -0.1) is 0 Å². The Morgan fingerprint density at radius 2 is 1.83 bits per heavy atom. The number of hydrogen-bond acceptors (Lipinski definition) is 5. The molecule has 3 aromatic rings. The molecule has 0 spiro atoms. The van der Waals surface area contributed by atoms with Gasteiger partial charge in [0.1, 0.15) is 6.61 Å². The van der Waals surface area contributed by atoms with Crippen LogP contribution in [0.15, 0.2) is 48.7 Å². The zero-order valence-corrected chi connectivity index (χ0v) is 17.7. The summed E-state index contributed by atoms with van der Waals surface area (Å²) in [4.78, 5) is 14.6. The monoisotopic (exact) mass is 427 g/mol. The predicted molar refractivity (Wildman–Crippen MR) is 114 cm³/mol. The molecule has 0 saturated carbocycles. The quantitative estimate of drug-likeness (QED) is 0.646. The lowest BCUT2D eigenvalue weighted by molar-refractivity contribution is 0.0276. The molecule has 0 aliphatic carbocycles. The van der Waals surface area contributed by atoms with Crippen molar-refractivity contribution in [2.45, 2.75) is 26.0 Å². The fourth-order valence-corrected chi connectivity index (χ4v) is 3.33. The average molecular weight is 428 g/mol. The number of hydrogen-bond donors (Lipinski definition) is 1. The molecule has 4 rings (SSSR count). The average Bonchev–Trinajstić information content (AvgIpc) is 3.26. The van der Waals surface area contributed by atoms with Gasteiger partial charge in [-0.2, -0.15) is 5.10 Å². The van der Waals surface area contributed by atoms with Crippen LogP contribution in [0.4, 0.5) is 5.69 Å². The van der Waals surface area contributed by atoms with E-state index in [0.717, 1.165) is 5.69 Å². The molecule has 2 heterocycles. The summed E-state index contributed by atoms with van der Waals surface area (Å²) in [6, 6.07) is 12.5. The number of fused-ring (bicyclic) bond motifs is 1. The fourth-order valence-electron chi connectivity index (χ4n) is 3.20. The van der Waals surface area contributed by atoms with Crippen LogP contribution >= 0.6 is 11.6 Å². The lowest BCUT2D eigenvalue weighted by Crippen LogP contribution is -2.28. The third kappa shape index (κ3) is 3.99. The largest absolute Gasteiger partial charge is 0.493 e. The molecule has 2 aromatic carbocycles. The van der Waals surface area contributed by atoms with Gasteiger partial charge in [-0.1, -0.05) is 11.6 Å². The lowest BCUT2D eigenvalue weighted by atomic mass is 10.2. The number of amides is 1. The van der Waals surface area contributed by atoms with E-state index < -0.39 is 5.60 Å². The number of anilines is 1. The van der Waals surface area contributed by atoms with Crippen LogP contribution in [0.3, 0.4) is 0 Å². The van der Waals surface area contributed by atoms with E-state index in [1.807, 2.05) is 12.1 Å². The molecule has 0 atom stereocenters. The van der Waals surface area contributed by atoms with E-state index in [-0.39, 0.29) is 12.5 Å². The van der Waals surface area contributed by atoms with Gasteiger partial charge in [0.2, 0.25) is 0 Å². The number of halogens is 1. The number of benzene rings is 2. The van der Waals surface area contributed by atoms with Gasteiger partial charge in [-0.05, 0) is 50.2 Å². The number of ether oxygens (including phenoxy) is 2. The molecule has 1 aliphatic rings. The number of methoxy groups -OCH3 is 1. The van der Waals surface area contributed by atoms with Gasteiger partial charge in [-0.3, -0.25) is 4.79 Å². The summed E-state index contributed by atoms with van der Waals surface area (Å²) < 4.78 is 12.8. The summed E-state index contributed by atoms with van der Waals surface area (Å²) in [6.07, 6.45) is 1.74. The second-order valence-corrected chi connectivity index (χ2v) is 8.17. The van der Waals surface area contributed by atoms with Crippen molar-refractivity contribution in [2.24, 2.45) is 0 Å². The van der Waals surface area contributed by atoms with Gasteiger partial charge in [0.15, 0.2) is 11.5 Å². The summed E-state index contributed by atoms with van der Waals surface area (Å²) in [6.45, 7) is 3.81. The second-order valence-electron chi connectivity index (χ2n) is 7.74. The van der Waals surface area contributed by atoms with Gasteiger partial charge in [-0.25, -0.2) is 4.68 Å². The van der Waals surface area contributed by atoms with E-state index >= 15 is 0 Å². The van der Waals surface area contributed by atoms with Crippen LogP contribution < -0.4 is 14.4 Å². The van der Waals surface area contributed by atoms with Gasteiger partial charge in [0.05, 0.1) is 36.2 Å². The number of aliphatic hydroxyl groups is 1. The summed E-state index contributed by atoms with van der Waals surface area (Å²) >= 11 is 5.94. The van der Waals surface area contributed by atoms with Crippen LogP contribution in [-0.4, -0.2) is 40.1 Å². The van der Waals surface area contributed by atoms with Crippen LogP contribution in [0, 0.1) is 0 Å². The smallest absolute Gasteiger partial charge is 0.262 e. The van der Waals surface area contributed by atoms with Crippen LogP contribution in [-0.2, 0) is 6.54 Å². The van der Waals surface area contributed by atoms with Crippen molar-refractivity contribution in [3.05, 3.63) is 64.9 Å². The molecule has 0 radical (unpaired) electrons. The molecule has 0 bridgehead atoms. The topological polar surface area (TPSA) is 76.8 Å². The molecule has 0 unspecified atom stereocenters. The van der Waals surface area contributed by atoms with Crippen molar-refractivity contribution >= 4 is 23.2 Å². The summed E-state index contributed by atoms with van der Waals surface area (Å²) in [5, 5.41) is 15.1. The molecule has 8 heteroatoms. The molecule has 1 N–H and O–H groups in total. The first-order chi connectivity index (χ1) is 14.2. The Bertz CT molecular complexity index is 1090. The van der Waals surface area contributed by atoms with Crippen LogP contribution in [0.1, 0.15) is 29.9 Å². The Kier molecular flexibility index (Phi) is 5.17. The first-order valence-electron chi connectivity index (χ1n) is 9.45. The standard InChI is InChI=1S/C22H22ClN3O4/c1-22(2,28)13-30-19-9-8-16(10-20(19)29-3)25-12-18-17(21(25)27)11-26(24-18)15-6-4-14(23)5-7-15/h4-11,28H,12-13H2,1-3H3. The zero-order valence-electron chi connectivity index (χ0n) is 16.9. The molecule has 1 amide bonds. The van der Waals surface area contributed by atoms with E-state index in [0.29, 0.717) is 40.0 Å². The molecule has 0 fully saturated rings. The van der Waals surface area contributed by atoms with Crippen molar-refractivity contribution < 1.29 is 19.4 Å². The van der Waals surface area contributed by atoms with Gasteiger partial charge in [0, 0.05) is 23.0 Å². The summed E-state index contributed by atoms with van der Waals surface area (Å²) in [5.41, 5.74) is 1.82. The van der Waals surface area contributed by atoms with Crippen molar-refractivity contribution in [2.75, 3.05) is 18.6 Å². The molecule has 156 valence electrons. The number of carbonyl (C=O) groups is 1. The highest BCUT2D eigenvalue weighted by atomic mass is 35.5. The fraction of sp³-hybridized carbons (Fsp3) is 0.273. The van der Waals surface area contributed by atoms with E-state index in [1.165, 1.54) is 7.11 Å². The SMILES string of the molecule is COc1cc(N2Cc3nn(-c4ccc(Cl)cc4)cc3C2=O)ccc1OCC(C)(C)O. The Hall–Kier alpha value is -3.03. The van der Waals surface area contributed by atoms with Gasteiger partial charge in [0.25, 0.3) is 5.91 Å². The van der Waals surface area contributed by atoms with Gasteiger partial charge >= 0.3 is 0 Å². The predicted octanol–water partition coefficient (Wildman–Crippen LogP) is 3.84. The molecular weight excluding hydrogens is 406 g/mol. The third-order valence-corrected chi connectivity index (χ3v) is 4.96. The molecule has 30 heavy (non-hydrogen) atoms. The normalized spacial score (nSPS) is 13.5. The number of rotatable bonds is 6. The minimum absolute atomic E-state index is 0.121. The van der Waals surface area contributed by atoms with Crippen LogP contribution in [0.25, 0.3) is 5.69 Å². The molecule has 1 aromatic heterocycles. The van der Waals surface area contributed by atoms with Crippen LogP contribution in [0.2, 0.25) is 5.02 Å². The van der Waals surface area contributed by atoms with Crippen molar-refractivity contribution in [1.29, 1.82) is 0 Å². The highest BCUT2D eigenvalue weighted by molar-refractivity contribution is 6.30. The number of aromatic nitrogens is 2. The molecule has 0 saturated heterocycles. The van der Waals surface area contributed by atoms with E-state index in [2.05, 4.69) is 5.10 Å². The zero-order chi connectivity index (χ0) is 21.5. The third-order valence-electron chi connectivity index (χ3n) is 4.71. The van der Waals surface area contributed by atoms with E-state index in [1.54, 1.807) is 60.0 Å². The van der Waals surface area contributed by atoms with E-state index in [4.69, 9.17) is 21.1 Å². The first kappa shape index (κ1) is 20.3. The summed E-state index contributed by atoms with van der Waals surface area (Å²) in [5.74, 6) is 0.860. The van der Waals surface area contributed by atoms with Gasteiger partial charge < -0.3 is 19.5 Å². The highest BCUT2D eigenvalue weighted by Crippen LogP contribution is 2.35. The van der Waals surface area contributed by atoms with Crippen molar-refractivity contribution in [3.63, 3.8) is 0 Å². The maximum Gasteiger partial charge on any atom is 0.262 e. The number of carbonyl (C=O) groups excluding carboxylic acids is 1. The Labute approximate surface area is 179 Å². The Morgan fingerprint density at radius 1 is 1.13 bits per heavy atom. The Balaban J connectivity index is 1.55. The minimum Gasteiger partial charge on any atom is -0.493 e. The Morgan fingerprint density at radius 3 is 2.47 bits per heavy atom. The number of nitrogens with zero attached hydrogens (tertiary/aromatic N) is 3. The highest BCUT2D eigenvalue weighted by Gasteiger charge is 2.32.